The van der Waals surface area contributed by atoms with Gasteiger partial charge in [-0.2, -0.15) is 0 Å². The quantitative estimate of drug-likeness (QED) is 0.522. The van der Waals surface area contributed by atoms with Crippen molar-refractivity contribution >= 4 is 16.1 Å². The normalized spacial score (nSPS) is 11.9. The zero-order valence-corrected chi connectivity index (χ0v) is 6.90. The molecule has 0 aliphatic carbocycles. The molecule has 0 rings (SSSR count). The van der Waals surface area contributed by atoms with Gasteiger partial charge < -0.3 is 4.65 Å². The minimum absolute atomic E-state index is 0.718. The third-order valence-corrected chi connectivity index (χ3v) is 2.67. The molecule has 1 nitrogen and oxygen atoms in total. The van der Waals surface area contributed by atoms with E-state index < -0.39 is 8.07 Å². The van der Waals surface area contributed by atoms with Crippen molar-refractivity contribution in [3.05, 3.63) is 0 Å². The van der Waals surface area contributed by atoms with E-state index in [1.165, 1.54) is 0 Å². The maximum Gasteiger partial charge on any atom is 0.282 e. The molecule has 0 heterocycles. The summed E-state index contributed by atoms with van der Waals surface area (Å²) in [5.74, 6) is 0. The summed E-state index contributed by atoms with van der Waals surface area (Å²) in [6.07, 6.45) is 0. The van der Waals surface area contributed by atoms with Crippen LogP contribution in [0.3, 0.4) is 0 Å². The van der Waals surface area contributed by atoms with Gasteiger partial charge in [-0.3, -0.25) is 0 Å². The Labute approximate surface area is 53.9 Å². The summed E-state index contributed by atoms with van der Waals surface area (Å²) in [7, 11) is 3.97. The molecule has 0 N–H and O–H groups in total. The van der Waals surface area contributed by atoms with Crippen LogP contribution in [0.25, 0.3) is 0 Å². The monoisotopic (exact) mass is 128 g/mol. The molecule has 0 aliphatic heterocycles. The van der Waals surface area contributed by atoms with Crippen LogP contribution in [0, 0.1) is 0 Å². The molecule has 0 saturated heterocycles. The van der Waals surface area contributed by atoms with E-state index in [0.717, 1.165) is 12.7 Å². The summed E-state index contributed by atoms with van der Waals surface area (Å²) in [5.41, 5.74) is 0. The third-order valence-electron chi connectivity index (χ3n) is 0.970. The van der Waals surface area contributed by atoms with E-state index in [2.05, 4.69) is 24.3 Å². The van der Waals surface area contributed by atoms with Gasteiger partial charge in [0.15, 0.2) is 0 Å². The van der Waals surface area contributed by atoms with Gasteiger partial charge in [0.1, 0.15) is 0 Å². The van der Waals surface area contributed by atoms with Crippen LogP contribution in [-0.2, 0) is 4.65 Å². The molecule has 0 aliphatic rings. The highest BCUT2D eigenvalue weighted by molar-refractivity contribution is 6.76. The van der Waals surface area contributed by atoms with Crippen LogP contribution in [0.15, 0.2) is 0 Å². The average Bonchev–Trinajstić information content (AvgIpc) is 1.59. The Hall–Kier alpha value is 0.242. The predicted octanol–water partition coefficient (Wildman–Crippen LogP) is 1.42. The molecule has 0 aromatic heterocycles. The first-order chi connectivity index (χ1) is 3.56. The molecule has 0 amide bonds. The third kappa shape index (κ3) is 6.24. The number of hydrogen-bond acceptors (Lipinski definition) is 1. The summed E-state index contributed by atoms with van der Waals surface area (Å²) < 4.78 is 4.45. The number of hydrogen-bond donors (Lipinski definition) is 0. The molecular weight excluding hydrogens is 115 g/mol. The van der Waals surface area contributed by atoms with Gasteiger partial charge in [0, 0.05) is 14.7 Å². The van der Waals surface area contributed by atoms with Gasteiger partial charge >= 0.3 is 0 Å². The molecule has 0 saturated carbocycles. The van der Waals surface area contributed by atoms with Crippen molar-refractivity contribution in [2.45, 2.75) is 25.7 Å². The van der Waals surface area contributed by atoms with Gasteiger partial charge in [0.05, 0.1) is 0 Å². The summed E-state index contributed by atoms with van der Waals surface area (Å²) >= 11 is 0. The Morgan fingerprint density at radius 1 is 1.38 bits per heavy atom. The van der Waals surface area contributed by atoms with E-state index in [9.17, 15) is 0 Å². The zero-order valence-electron chi connectivity index (χ0n) is 5.90. The average molecular weight is 128 g/mol. The number of rotatable bonds is 3. The summed E-state index contributed by atoms with van der Waals surface area (Å²) in [5, 5.41) is 0. The van der Waals surface area contributed by atoms with Gasteiger partial charge in [-0.05, 0) is 6.04 Å². The Bertz CT molecular complexity index is 59.9. The van der Waals surface area contributed by atoms with E-state index in [0.29, 0.717) is 0 Å². The van der Waals surface area contributed by atoms with Crippen LogP contribution < -0.4 is 0 Å². The second kappa shape index (κ2) is 3.30. The van der Waals surface area contributed by atoms with E-state index in [-0.39, 0.29) is 0 Å². The molecule has 0 spiro atoms. The molecule has 0 fully saturated rings. The van der Waals surface area contributed by atoms with Crippen molar-refractivity contribution in [2.75, 3.05) is 6.61 Å². The maximum atomic E-state index is 4.86. The zero-order chi connectivity index (χ0) is 6.62. The highest BCUT2D eigenvalue weighted by Crippen LogP contribution is 2.06. The molecule has 8 heavy (non-hydrogen) atoms. The van der Waals surface area contributed by atoms with E-state index >= 15 is 0 Å². The summed E-state index contributed by atoms with van der Waals surface area (Å²) in [4.78, 5) is 0. The standard InChI is InChI=1S/C5H13BOSi/c1-8(2,3)5-4-7-6/h4-5H2,1-3H3. The van der Waals surface area contributed by atoms with Gasteiger partial charge in [-0.25, -0.2) is 0 Å². The van der Waals surface area contributed by atoms with Gasteiger partial charge in [-0.1, -0.05) is 19.6 Å². The van der Waals surface area contributed by atoms with Crippen molar-refractivity contribution in [3.8, 4) is 0 Å². The molecule has 0 unspecified atom stereocenters. The van der Waals surface area contributed by atoms with E-state index in [1.807, 2.05) is 0 Å². The molecule has 0 aromatic rings. The fraction of sp³-hybridized carbons (Fsp3) is 1.00. The topological polar surface area (TPSA) is 9.23 Å². The van der Waals surface area contributed by atoms with Crippen molar-refractivity contribution in [1.29, 1.82) is 0 Å². The van der Waals surface area contributed by atoms with E-state index in [4.69, 9.17) is 8.05 Å². The minimum atomic E-state index is -0.883. The summed E-state index contributed by atoms with van der Waals surface area (Å²) in [6, 6.07) is 1.16. The molecule has 0 atom stereocenters. The summed E-state index contributed by atoms with van der Waals surface area (Å²) in [6.45, 7) is 7.61. The lowest BCUT2D eigenvalue weighted by Crippen LogP contribution is -2.21. The van der Waals surface area contributed by atoms with Crippen LogP contribution in [0.2, 0.25) is 25.7 Å². The van der Waals surface area contributed by atoms with Crippen molar-refractivity contribution in [2.24, 2.45) is 0 Å². The second-order valence-corrected chi connectivity index (χ2v) is 8.80. The highest BCUT2D eigenvalue weighted by atomic mass is 28.3. The largest absolute Gasteiger partial charge is 0.448 e. The van der Waals surface area contributed by atoms with Crippen molar-refractivity contribution < 1.29 is 4.65 Å². The Kier molecular flexibility index (Phi) is 3.40. The smallest absolute Gasteiger partial charge is 0.282 e. The Morgan fingerprint density at radius 2 is 1.88 bits per heavy atom. The second-order valence-electron chi connectivity index (χ2n) is 3.18. The molecular formula is C5H13BOSi. The molecule has 3 heteroatoms. The van der Waals surface area contributed by atoms with Crippen LogP contribution in [0.5, 0.6) is 0 Å². The van der Waals surface area contributed by atoms with Gasteiger partial charge in [0.25, 0.3) is 8.05 Å². The predicted molar refractivity (Wildman–Crippen MR) is 39.9 cm³/mol. The lowest BCUT2D eigenvalue weighted by molar-refractivity contribution is 0.373. The van der Waals surface area contributed by atoms with Crippen molar-refractivity contribution in [3.63, 3.8) is 0 Å². The van der Waals surface area contributed by atoms with Gasteiger partial charge in [0.2, 0.25) is 0 Å². The van der Waals surface area contributed by atoms with Crippen LogP contribution in [0.4, 0.5) is 0 Å². The Morgan fingerprint density at radius 3 is 2.00 bits per heavy atom. The highest BCUT2D eigenvalue weighted by Gasteiger charge is 2.10. The molecule has 0 aromatic carbocycles. The SMILES string of the molecule is [B]OCC[Si](C)(C)C. The Balaban J connectivity index is 3.11. The van der Waals surface area contributed by atoms with Crippen LogP contribution >= 0.6 is 0 Å². The fourth-order valence-electron chi connectivity index (χ4n) is 0.365. The fourth-order valence-corrected chi connectivity index (χ4v) is 1.10. The maximum absolute atomic E-state index is 4.86. The van der Waals surface area contributed by atoms with Crippen LogP contribution in [-0.4, -0.2) is 22.7 Å². The lowest BCUT2D eigenvalue weighted by Gasteiger charge is -2.13. The first-order valence-corrected chi connectivity index (χ1v) is 6.59. The first-order valence-electron chi connectivity index (χ1n) is 2.88. The van der Waals surface area contributed by atoms with Crippen LogP contribution in [0.1, 0.15) is 0 Å². The first kappa shape index (κ1) is 8.24. The van der Waals surface area contributed by atoms with Crippen molar-refractivity contribution in [1.82, 2.24) is 0 Å². The molecule has 0 bridgehead atoms. The lowest BCUT2D eigenvalue weighted by atomic mass is 10.6. The van der Waals surface area contributed by atoms with Gasteiger partial charge in [-0.15, -0.1) is 0 Å². The molecule has 2 radical (unpaired) electrons. The minimum Gasteiger partial charge on any atom is -0.448 e. The molecule has 46 valence electrons. The van der Waals surface area contributed by atoms with E-state index in [1.54, 1.807) is 0 Å².